The molecule has 0 aliphatic carbocycles. The normalized spacial score (nSPS) is 10.9. The van der Waals surface area contributed by atoms with Gasteiger partial charge in [-0.1, -0.05) is 6.92 Å². The average molecular weight is 247 g/mol. The van der Waals surface area contributed by atoms with Gasteiger partial charge in [-0.15, -0.1) is 0 Å². The highest BCUT2D eigenvalue weighted by Gasteiger charge is 2.10. The lowest BCUT2D eigenvalue weighted by Crippen LogP contribution is -2.11. The minimum absolute atomic E-state index is 0.133. The van der Waals surface area contributed by atoms with Crippen molar-refractivity contribution in [2.75, 3.05) is 6.54 Å². The Labute approximate surface area is 106 Å². The van der Waals surface area contributed by atoms with Crippen LogP contribution in [0.5, 0.6) is 0 Å². The summed E-state index contributed by atoms with van der Waals surface area (Å²) in [6, 6.07) is 3.70. The molecule has 0 saturated carbocycles. The van der Waals surface area contributed by atoms with Gasteiger partial charge in [-0.25, -0.2) is 4.39 Å². The van der Waals surface area contributed by atoms with E-state index < -0.39 is 0 Å². The number of nitrogens with one attached hydrogen (secondary N) is 2. The number of nitrogens with zero attached hydrogens (tertiary/aromatic N) is 1. The minimum atomic E-state index is -0.133. The predicted octanol–water partition coefficient (Wildman–Crippen LogP) is 2.94. The van der Waals surface area contributed by atoms with E-state index in [4.69, 9.17) is 0 Å². The zero-order chi connectivity index (χ0) is 13.1. The molecule has 0 saturated heterocycles. The van der Waals surface area contributed by atoms with E-state index >= 15 is 0 Å². The molecule has 3 nitrogen and oxygen atoms in total. The van der Waals surface area contributed by atoms with Crippen LogP contribution in [-0.2, 0) is 6.54 Å². The standard InChI is InChI=1S/C14H18FN3/c1-4-16-7-12-8-17-18-14(12)11-5-9(2)13(15)10(3)6-11/h5-6,8,16H,4,7H2,1-3H3,(H,17,18). The van der Waals surface area contributed by atoms with E-state index in [2.05, 4.69) is 22.4 Å². The summed E-state index contributed by atoms with van der Waals surface area (Å²) >= 11 is 0. The molecule has 2 rings (SSSR count). The molecule has 0 bridgehead atoms. The molecule has 0 radical (unpaired) electrons. The summed E-state index contributed by atoms with van der Waals surface area (Å²) < 4.78 is 13.6. The molecular weight excluding hydrogens is 229 g/mol. The first kappa shape index (κ1) is 12.8. The van der Waals surface area contributed by atoms with Crippen molar-refractivity contribution < 1.29 is 4.39 Å². The molecule has 0 aliphatic heterocycles. The molecule has 0 aliphatic rings. The first-order valence-corrected chi connectivity index (χ1v) is 6.13. The highest BCUT2D eigenvalue weighted by atomic mass is 19.1. The lowest BCUT2D eigenvalue weighted by Gasteiger charge is -2.08. The van der Waals surface area contributed by atoms with E-state index in [9.17, 15) is 4.39 Å². The number of rotatable bonds is 4. The van der Waals surface area contributed by atoms with Gasteiger partial charge in [-0.2, -0.15) is 5.10 Å². The Kier molecular flexibility index (Phi) is 3.77. The van der Waals surface area contributed by atoms with Crippen LogP contribution in [-0.4, -0.2) is 16.7 Å². The van der Waals surface area contributed by atoms with Gasteiger partial charge in [-0.3, -0.25) is 5.10 Å². The van der Waals surface area contributed by atoms with Crippen molar-refractivity contribution in [3.05, 3.63) is 40.8 Å². The third kappa shape index (κ3) is 2.43. The number of aromatic amines is 1. The second kappa shape index (κ2) is 5.31. The molecule has 96 valence electrons. The summed E-state index contributed by atoms with van der Waals surface area (Å²) in [5, 5.41) is 10.3. The van der Waals surface area contributed by atoms with Crippen molar-refractivity contribution in [1.29, 1.82) is 0 Å². The first-order valence-electron chi connectivity index (χ1n) is 6.13. The Hall–Kier alpha value is -1.68. The summed E-state index contributed by atoms with van der Waals surface area (Å²) in [6.07, 6.45) is 1.81. The molecule has 0 spiro atoms. The molecule has 0 amide bonds. The van der Waals surface area contributed by atoms with E-state index in [0.29, 0.717) is 11.1 Å². The van der Waals surface area contributed by atoms with E-state index in [1.807, 2.05) is 18.3 Å². The van der Waals surface area contributed by atoms with Crippen LogP contribution in [0.3, 0.4) is 0 Å². The van der Waals surface area contributed by atoms with Gasteiger partial charge in [-0.05, 0) is 43.7 Å². The molecule has 0 atom stereocenters. The van der Waals surface area contributed by atoms with Gasteiger partial charge < -0.3 is 5.32 Å². The van der Waals surface area contributed by atoms with Crippen molar-refractivity contribution in [3.8, 4) is 11.3 Å². The molecule has 2 aromatic rings. The second-order valence-electron chi connectivity index (χ2n) is 4.47. The molecule has 0 fully saturated rings. The van der Waals surface area contributed by atoms with Crippen LogP contribution in [0.1, 0.15) is 23.6 Å². The molecule has 0 unspecified atom stereocenters. The van der Waals surface area contributed by atoms with Gasteiger partial charge in [0.15, 0.2) is 0 Å². The summed E-state index contributed by atoms with van der Waals surface area (Å²) in [6.45, 7) is 7.30. The van der Waals surface area contributed by atoms with E-state index in [-0.39, 0.29) is 5.82 Å². The fourth-order valence-corrected chi connectivity index (χ4v) is 2.04. The third-order valence-electron chi connectivity index (χ3n) is 3.01. The highest BCUT2D eigenvalue weighted by Crippen LogP contribution is 2.25. The fraction of sp³-hybridized carbons (Fsp3) is 0.357. The van der Waals surface area contributed by atoms with Gasteiger partial charge in [0, 0.05) is 17.7 Å². The van der Waals surface area contributed by atoms with Crippen LogP contribution in [0.15, 0.2) is 18.3 Å². The topological polar surface area (TPSA) is 40.7 Å². The van der Waals surface area contributed by atoms with Gasteiger partial charge in [0.2, 0.25) is 0 Å². The second-order valence-corrected chi connectivity index (χ2v) is 4.47. The van der Waals surface area contributed by atoms with Crippen molar-refractivity contribution in [3.63, 3.8) is 0 Å². The van der Waals surface area contributed by atoms with Gasteiger partial charge in [0.25, 0.3) is 0 Å². The zero-order valence-electron chi connectivity index (χ0n) is 11.0. The van der Waals surface area contributed by atoms with Crippen LogP contribution in [0.25, 0.3) is 11.3 Å². The van der Waals surface area contributed by atoms with Gasteiger partial charge >= 0.3 is 0 Å². The summed E-state index contributed by atoms with van der Waals surface area (Å²) in [5.74, 6) is -0.133. The Morgan fingerprint density at radius 1 is 1.28 bits per heavy atom. The van der Waals surface area contributed by atoms with Crippen LogP contribution in [0, 0.1) is 19.7 Å². The summed E-state index contributed by atoms with van der Waals surface area (Å²) in [4.78, 5) is 0. The monoisotopic (exact) mass is 247 g/mol. The Morgan fingerprint density at radius 3 is 2.56 bits per heavy atom. The fourth-order valence-electron chi connectivity index (χ4n) is 2.04. The maximum Gasteiger partial charge on any atom is 0.129 e. The van der Waals surface area contributed by atoms with Gasteiger partial charge in [0.05, 0.1) is 11.9 Å². The number of H-pyrrole nitrogens is 1. The molecular formula is C14H18FN3. The zero-order valence-corrected chi connectivity index (χ0v) is 11.0. The lowest BCUT2D eigenvalue weighted by molar-refractivity contribution is 0.609. The molecule has 1 aromatic heterocycles. The Bertz CT molecular complexity index is 523. The SMILES string of the molecule is CCNCc1cn[nH]c1-c1cc(C)c(F)c(C)c1. The van der Waals surface area contributed by atoms with Crippen LogP contribution < -0.4 is 5.32 Å². The average Bonchev–Trinajstić information content (AvgIpc) is 2.81. The van der Waals surface area contributed by atoms with E-state index in [1.54, 1.807) is 13.8 Å². The predicted molar refractivity (Wildman–Crippen MR) is 70.8 cm³/mol. The number of aryl methyl sites for hydroxylation is 2. The number of halogens is 1. The number of aromatic nitrogens is 2. The Morgan fingerprint density at radius 2 is 1.94 bits per heavy atom. The largest absolute Gasteiger partial charge is 0.313 e. The number of benzene rings is 1. The van der Waals surface area contributed by atoms with Crippen LogP contribution >= 0.6 is 0 Å². The molecule has 2 N–H and O–H groups in total. The smallest absolute Gasteiger partial charge is 0.129 e. The van der Waals surface area contributed by atoms with Gasteiger partial charge in [0.1, 0.15) is 5.82 Å². The van der Waals surface area contributed by atoms with Crippen molar-refractivity contribution >= 4 is 0 Å². The minimum Gasteiger partial charge on any atom is -0.313 e. The maximum absolute atomic E-state index is 13.6. The molecule has 18 heavy (non-hydrogen) atoms. The lowest BCUT2D eigenvalue weighted by atomic mass is 10.0. The van der Waals surface area contributed by atoms with Crippen molar-refractivity contribution in [2.45, 2.75) is 27.3 Å². The number of hydrogen-bond acceptors (Lipinski definition) is 2. The van der Waals surface area contributed by atoms with E-state index in [1.165, 1.54) is 0 Å². The van der Waals surface area contributed by atoms with Crippen molar-refractivity contribution in [2.24, 2.45) is 0 Å². The highest BCUT2D eigenvalue weighted by molar-refractivity contribution is 5.64. The molecule has 4 heteroatoms. The number of hydrogen-bond donors (Lipinski definition) is 2. The van der Waals surface area contributed by atoms with E-state index in [0.717, 1.165) is 29.9 Å². The maximum atomic E-state index is 13.6. The first-order chi connectivity index (χ1) is 8.63. The Balaban J connectivity index is 2.40. The molecule has 1 aromatic carbocycles. The quantitative estimate of drug-likeness (QED) is 0.872. The van der Waals surface area contributed by atoms with Crippen LogP contribution in [0.2, 0.25) is 0 Å². The van der Waals surface area contributed by atoms with Crippen molar-refractivity contribution in [1.82, 2.24) is 15.5 Å². The third-order valence-corrected chi connectivity index (χ3v) is 3.01. The summed E-state index contributed by atoms with van der Waals surface area (Å²) in [5.41, 5.74) is 4.37. The molecule has 1 heterocycles. The summed E-state index contributed by atoms with van der Waals surface area (Å²) in [7, 11) is 0. The van der Waals surface area contributed by atoms with Crippen LogP contribution in [0.4, 0.5) is 4.39 Å².